The normalized spacial score (nSPS) is 26.6. The van der Waals surface area contributed by atoms with Crippen LogP contribution in [0.2, 0.25) is 0 Å². The van der Waals surface area contributed by atoms with E-state index in [9.17, 15) is 8.78 Å². The summed E-state index contributed by atoms with van der Waals surface area (Å²) in [6, 6.07) is 3.44. The molecule has 0 nitrogen and oxygen atoms in total. The van der Waals surface area contributed by atoms with Crippen molar-refractivity contribution < 1.29 is 8.78 Å². The van der Waals surface area contributed by atoms with Gasteiger partial charge in [-0.2, -0.15) is 0 Å². The van der Waals surface area contributed by atoms with Crippen LogP contribution < -0.4 is 0 Å². The summed E-state index contributed by atoms with van der Waals surface area (Å²) >= 11 is 0. The van der Waals surface area contributed by atoms with Crippen molar-refractivity contribution in [2.45, 2.75) is 65.2 Å². The van der Waals surface area contributed by atoms with Gasteiger partial charge in [-0.1, -0.05) is 69.9 Å². The largest absolute Gasteiger partial charge is 0.203 e. The topological polar surface area (TPSA) is 0 Å². The number of allylic oxidation sites excluding steroid dienone is 4. The Balaban J connectivity index is 1.64. The van der Waals surface area contributed by atoms with Crippen LogP contribution >= 0.6 is 0 Å². The standard InChI is InChI=1S/C23H30F2/c1-3-5-16-6-8-18(9-7-16)19-10-12-20(13-11-19)21-15-14-17(4-2)22(24)23(21)25/h10,12-16,18-19H,3-9,11H2,1-2H3/t16-,18-,19?. The van der Waals surface area contributed by atoms with Gasteiger partial charge in [-0.25, -0.2) is 8.78 Å². The first-order valence-electron chi connectivity index (χ1n) is 9.99. The summed E-state index contributed by atoms with van der Waals surface area (Å²) in [5.74, 6) is 0.855. The number of hydrogen-bond donors (Lipinski definition) is 0. The summed E-state index contributed by atoms with van der Waals surface area (Å²) in [4.78, 5) is 0. The first kappa shape index (κ1) is 18.4. The third-order valence-electron chi connectivity index (χ3n) is 6.18. The third-order valence-corrected chi connectivity index (χ3v) is 6.18. The molecule has 0 aliphatic heterocycles. The van der Waals surface area contributed by atoms with Crippen molar-refractivity contribution in [2.75, 3.05) is 0 Å². The predicted molar refractivity (Wildman–Crippen MR) is 101 cm³/mol. The van der Waals surface area contributed by atoms with Crippen LogP contribution in [-0.2, 0) is 6.42 Å². The van der Waals surface area contributed by atoms with E-state index in [1.165, 1.54) is 38.5 Å². The Morgan fingerprint density at radius 2 is 1.76 bits per heavy atom. The molecule has 0 N–H and O–H groups in total. The van der Waals surface area contributed by atoms with Crippen molar-refractivity contribution >= 4 is 5.57 Å². The van der Waals surface area contributed by atoms with Gasteiger partial charge < -0.3 is 0 Å². The van der Waals surface area contributed by atoms with Crippen molar-refractivity contribution in [3.8, 4) is 0 Å². The first-order valence-corrected chi connectivity index (χ1v) is 9.99. The van der Waals surface area contributed by atoms with E-state index < -0.39 is 11.6 Å². The molecule has 0 spiro atoms. The molecule has 1 atom stereocenters. The Hall–Kier alpha value is -1.44. The maximum atomic E-state index is 14.4. The molecule has 0 bridgehead atoms. The van der Waals surface area contributed by atoms with Crippen molar-refractivity contribution in [2.24, 2.45) is 17.8 Å². The molecular weight excluding hydrogens is 314 g/mol. The molecule has 0 saturated heterocycles. The molecule has 2 aliphatic rings. The van der Waals surface area contributed by atoms with Crippen LogP contribution in [0.4, 0.5) is 8.78 Å². The van der Waals surface area contributed by atoms with Crippen molar-refractivity contribution in [1.82, 2.24) is 0 Å². The van der Waals surface area contributed by atoms with Gasteiger partial charge in [0.05, 0.1) is 0 Å². The van der Waals surface area contributed by atoms with Gasteiger partial charge in [-0.05, 0) is 54.6 Å². The molecule has 1 aromatic carbocycles. The molecule has 136 valence electrons. The second-order valence-electron chi connectivity index (χ2n) is 7.74. The van der Waals surface area contributed by atoms with Crippen molar-refractivity contribution in [3.63, 3.8) is 0 Å². The number of benzene rings is 1. The maximum Gasteiger partial charge on any atom is 0.166 e. The van der Waals surface area contributed by atoms with Crippen LogP contribution in [0.1, 0.15) is 69.9 Å². The van der Waals surface area contributed by atoms with Gasteiger partial charge in [0, 0.05) is 5.56 Å². The van der Waals surface area contributed by atoms with E-state index in [-0.39, 0.29) is 0 Å². The number of aryl methyl sites for hydroxylation is 1. The summed E-state index contributed by atoms with van der Waals surface area (Å²) in [5, 5.41) is 0. The quantitative estimate of drug-likeness (QED) is 0.534. The molecule has 1 saturated carbocycles. The fraction of sp³-hybridized carbons (Fsp3) is 0.565. The SMILES string of the molecule is CCC[C@H]1CC[C@H](C2C=CC(c3ccc(CC)c(F)c3F)=CC2)CC1. The van der Waals surface area contributed by atoms with Crippen LogP contribution in [0.15, 0.2) is 30.4 Å². The minimum absolute atomic E-state index is 0.399. The summed E-state index contributed by atoms with van der Waals surface area (Å²) in [6.07, 6.45) is 15.8. The van der Waals surface area contributed by atoms with Crippen molar-refractivity contribution in [3.05, 3.63) is 53.1 Å². The lowest BCUT2D eigenvalue weighted by Gasteiger charge is -2.33. The maximum absolute atomic E-state index is 14.4. The van der Waals surface area contributed by atoms with Crippen LogP contribution in [0.3, 0.4) is 0 Å². The third kappa shape index (κ3) is 4.04. The molecule has 1 fully saturated rings. The highest BCUT2D eigenvalue weighted by Gasteiger charge is 2.27. The van der Waals surface area contributed by atoms with E-state index in [0.717, 1.165) is 23.8 Å². The molecule has 2 heteroatoms. The van der Waals surface area contributed by atoms with E-state index in [2.05, 4.69) is 19.1 Å². The zero-order valence-corrected chi connectivity index (χ0v) is 15.5. The zero-order chi connectivity index (χ0) is 17.8. The average molecular weight is 344 g/mol. The second kappa shape index (κ2) is 8.29. The summed E-state index contributed by atoms with van der Waals surface area (Å²) in [5.41, 5.74) is 1.68. The van der Waals surface area contributed by atoms with Gasteiger partial charge in [0.25, 0.3) is 0 Å². The molecule has 0 radical (unpaired) electrons. The highest BCUT2D eigenvalue weighted by atomic mass is 19.2. The molecule has 0 heterocycles. The summed E-state index contributed by atoms with van der Waals surface area (Å²) in [6.45, 7) is 4.12. The number of hydrogen-bond acceptors (Lipinski definition) is 0. The Morgan fingerprint density at radius 1 is 1.00 bits per heavy atom. The molecule has 3 rings (SSSR count). The average Bonchev–Trinajstić information content (AvgIpc) is 2.65. The highest BCUT2D eigenvalue weighted by Crippen LogP contribution is 2.39. The lowest BCUT2D eigenvalue weighted by atomic mass is 9.72. The zero-order valence-electron chi connectivity index (χ0n) is 15.5. The Bertz CT molecular complexity index is 648. The van der Waals surface area contributed by atoms with E-state index >= 15 is 0 Å². The Kier molecular flexibility index (Phi) is 6.09. The highest BCUT2D eigenvalue weighted by molar-refractivity contribution is 5.75. The minimum Gasteiger partial charge on any atom is -0.203 e. The molecular formula is C23H30F2. The van der Waals surface area contributed by atoms with Gasteiger partial charge in [0.2, 0.25) is 0 Å². The van der Waals surface area contributed by atoms with Crippen molar-refractivity contribution in [1.29, 1.82) is 0 Å². The van der Waals surface area contributed by atoms with Gasteiger partial charge in [0.15, 0.2) is 11.6 Å². The van der Waals surface area contributed by atoms with Gasteiger partial charge in [0.1, 0.15) is 0 Å². The Labute approximate surface area is 151 Å². The molecule has 0 amide bonds. The first-order chi connectivity index (χ1) is 12.1. The minimum atomic E-state index is -0.700. The fourth-order valence-electron chi connectivity index (χ4n) is 4.59. The predicted octanol–water partition coefficient (Wildman–Crippen LogP) is 7.09. The Morgan fingerprint density at radius 3 is 2.36 bits per heavy atom. The van der Waals surface area contributed by atoms with E-state index in [4.69, 9.17) is 0 Å². The number of rotatable bonds is 5. The monoisotopic (exact) mass is 344 g/mol. The molecule has 0 aromatic heterocycles. The van der Waals surface area contributed by atoms with E-state index in [1.54, 1.807) is 12.1 Å². The summed E-state index contributed by atoms with van der Waals surface area (Å²) < 4.78 is 28.4. The van der Waals surface area contributed by atoms with Crippen LogP contribution in [0.5, 0.6) is 0 Å². The van der Waals surface area contributed by atoms with Gasteiger partial charge in [-0.3, -0.25) is 0 Å². The second-order valence-corrected chi connectivity index (χ2v) is 7.74. The smallest absolute Gasteiger partial charge is 0.166 e. The summed E-state index contributed by atoms with van der Waals surface area (Å²) in [7, 11) is 0. The molecule has 2 aliphatic carbocycles. The molecule has 1 aromatic rings. The van der Waals surface area contributed by atoms with Crippen LogP contribution in [0, 0.1) is 29.4 Å². The molecule has 1 unspecified atom stereocenters. The lowest BCUT2D eigenvalue weighted by molar-refractivity contribution is 0.221. The van der Waals surface area contributed by atoms with Crippen LogP contribution in [0.25, 0.3) is 5.57 Å². The fourth-order valence-corrected chi connectivity index (χ4v) is 4.59. The van der Waals surface area contributed by atoms with E-state index in [0.29, 0.717) is 23.5 Å². The van der Waals surface area contributed by atoms with E-state index in [1.807, 2.05) is 13.0 Å². The number of halogens is 2. The lowest BCUT2D eigenvalue weighted by Crippen LogP contribution is -2.21. The van der Waals surface area contributed by atoms with Gasteiger partial charge in [-0.15, -0.1) is 0 Å². The molecule has 25 heavy (non-hydrogen) atoms. The van der Waals surface area contributed by atoms with Crippen LogP contribution in [-0.4, -0.2) is 0 Å². The van der Waals surface area contributed by atoms with Gasteiger partial charge >= 0.3 is 0 Å².